The number of thiazole rings is 1. The fourth-order valence-electron chi connectivity index (χ4n) is 2.84. The van der Waals surface area contributed by atoms with Crippen LogP contribution in [0.5, 0.6) is 0 Å². The molecule has 1 N–H and O–H groups in total. The van der Waals surface area contributed by atoms with Crippen LogP contribution >= 0.6 is 11.3 Å². The summed E-state index contributed by atoms with van der Waals surface area (Å²) in [5.41, 5.74) is 2.59. The van der Waals surface area contributed by atoms with Crippen LogP contribution in [-0.2, 0) is 12.8 Å². The van der Waals surface area contributed by atoms with Crippen LogP contribution in [0.2, 0.25) is 0 Å². The van der Waals surface area contributed by atoms with Crippen molar-refractivity contribution in [2.24, 2.45) is 0 Å². The van der Waals surface area contributed by atoms with Crippen molar-refractivity contribution in [3.8, 4) is 0 Å². The van der Waals surface area contributed by atoms with E-state index in [1.165, 1.54) is 53.2 Å². The Bertz CT molecular complexity index is 566. The van der Waals surface area contributed by atoms with Crippen molar-refractivity contribution in [1.82, 2.24) is 15.3 Å². The molecule has 104 valence electrons. The number of fused-ring (bicyclic) bond motifs is 1. The van der Waals surface area contributed by atoms with E-state index in [4.69, 9.17) is 4.98 Å². The molecule has 2 aromatic rings. The molecule has 2 aliphatic rings. The molecule has 3 nitrogen and oxygen atoms in total. The van der Waals surface area contributed by atoms with Crippen LogP contribution < -0.4 is 5.32 Å². The molecule has 20 heavy (non-hydrogen) atoms. The van der Waals surface area contributed by atoms with Crippen molar-refractivity contribution in [3.63, 3.8) is 0 Å². The van der Waals surface area contributed by atoms with E-state index in [1.807, 2.05) is 29.8 Å². The van der Waals surface area contributed by atoms with Gasteiger partial charge in [0.1, 0.15) is 5.01 Å². The number of pyridine rings is 1. The van der Waals surface area contributed by atoms with Gasteiger partial charge in [-0.2, -0.15) is 0 Å². The van der Waals surface area contributed by atoms with E-state index < -0.39 is 0 Å². The predicted octanol–water partition coefficient (Wildman–Crippen LogP) is 3.26. The fraction of sp³-hybridized carbons (Fsp3) is 0.500. The molecule has 1 atom stereocenters. The van der Waals surface area contributed by atoms with Gasteiger partial charge in [-0.05, 0) is 50.2 Å². The van der Waals surface area contributed by atoms with Crippen LogP contribution in [0.25, 0.3) is 0 Å². The zero-order valence-corrected chi connectivity index (χ0v) is 12.3. The Kier molecular flexibility index (Phi) is 3.28. The molecule has 0 bridgehead atoms. The molecule has 1 saturated carbocycles. The highest BCUT2D eigenvalue weighted by Gasteiger charge is 2.29. The summed E-state index contributed by atoms with van der Waals surface area (Å²) in [6, 6.07) is 5.07. The lowest BCUT2D eigenvalue weighted by Crippen LogP contribution is -2.24. The first kappa shape index (κ1) is 12.5. The first-order valence-electron chi connectivity index (χ1n) is 7.54. The first-order valence-corrected chi connectivity index (χ1v) is 8.36. The highest BCUT2D eigenvalue weighted by molar-refractivity contribution is 7.11. The number of aromatic nitrogens is 2. The maximum absolute atomic E-state index is 4.94. The van der Waals surface area contributed by atoms with Crippen molar-refractivity contribution >= 4 is 11.3 Å². The summed E-state index contributed by atoms with van der Waals surface area (Å²) in [6.07, 6.45) is 11.4. The summed E-state index contributed by atoms with van der Waals surface area (Å²) in [5.74, 6) is 0. The molecule has 0 aliphatic heterocycles. The first-order chi connectivity index (χ1) is 9.90. The topological polar surface area (TPSA) is 37.8 Å². The lowest BCUT2D eigenvalue weighted by Gasteiger charge is -2.16. The SMILES string of the molecule is c1cncc(C(NC2CC2)c2nc3c(s2)CCCC3)c1. The fourth-order valence-corrected chi connectivity index (χ4v) is 4.08. The average Bonchev–Trinajstić information content (AvgIpc) is 3.22. The lowest BCUT2D eigenvalue weighted by molar-refractivity contribution is 0.592. The third kappa shape index (κ3) is 2.50. The van der Waals surface area contributed by atoms with Gasteiger partial charge in [0.05, 0.1) is 11.7 Å². The zero-order valence-electron chi connectivity index (χ0n) is 11.5. The molecule has 0 spiro atoms. The maximum atomic E-state index is 4.94. The van der Waals surface area contributed by atoms with Crippen LogP contribution in [0, 0.1) is 0 Å². The van der Waals surface area contributed by atoms with E-state index in [9.17, 15) is 0 Å². The van der Waals surface area contributed by atoms with E-state index >= 15 is 0 Å². The van der Waals surface area contributed by atoms with E-state index in [0.29, 0.717) is 6.04 Å². The lowest BCUT2D eigenvalue weighted by atomic mass is 10.0. The molecule has 0 saturated heterocycles. The minimum absolute atomic E-state index is 0.229. The van der Waals surface area contributed by atoms with Gasteiger partial charge in [-0.25, -0.2) is 4.98 Å². The van der Waals surface area contributed by atoms with Gasteiger partial charge in [-0.15, -0.1) is 11.3 Å². The van der Waals surface area contributed by atoms with Crippen LogP contribution in [0.1, 0.15) is 52.9 Å². The second-order valence-corrected chi connectivity index (χ2v) is 6.90. The Morgan fingerprint density at radius 3 is 2.90 bits per heavy atom. The number of nitrogens with zero attached hydrogens (tertiary/aromatic N) is 2. The number of nitrogens with one attached hydrogen (secondary N) is 1. The third-order valence-electron chi connectivity index (χ3n) is 4.11. The molecular formula is C16H19N3S. The van der Waals surface area contributed by atoms with Gasteiger partial charge in [0.25, 0.3) is 0 Å². The summed E-state index contributed by atoms with van der Waals surface area (Å²) in [7, 11) is 0. The Hall–Kier alpha value is -1.26. The molecule has 1 unspecified atom stereocenters. The van der Waals surface area contributed by atoms with Crippen LogP contribution in [0.15, 0.2) is 24.5 Å². The molecule has 4 rings (SSSR count). The van der Waals surface area contributed by atoms with Crippen molar-refractivity contribution in [2.45, 2.75) is 50.6 Å². The Labute approximate surface area is 123 Å². The van der Waals surface area contributed by atoms with Gasteiger partial charge in [0, 0.05) is 23.3 Å². The molecular weight excluding hydrogens is 266 g/mol. The van der Waals surface area contributed by atoms with Gasteiger partial charge >= 0.3 is 0 Å². The molecule has 1 fully saturated rings. The van der Waals surface area contributed by atoms with Crippen molar-refractivity contribution < 1.29 is 0 Å². The number of hydrogen-bond acceptors (Lipinski definition) is 4. The highest BCUT2D eigenvalue weighted by atomic mass is 32.1. The summed E-state index contributed by atoms with van der Waals surface area (Å²) in [5, 5.41) is 4.97. The van der Waals surface area contributed by atoms with E-state index in [2.05, 4.69) is 16.4 Å². The molecule has 0 radical (unpaired) electrons. The normalized spacial score (nSPS) is 19.6. The van der Waals surface area contributed by atoms with Crippen molar-refractivity contribution in [2.75, 3.05) is 0 Å². The van der Waals surface area contributed by atoms with Crippen molar-refractivity contribution in [1.29, 1.82) is 0 Å². The monoisotopic (exact) mass is 285 g/mol. The number of hydrogen-bond donors (Lipinski definition) is 1. The molecule has 0 amide bonds. The van der Waals surface area contributed by atoms with Crippen LogP contribution in [0.3, 0.4) is 0 Å². The summed E-state index contributed by atoms with van der Waals surface area (Å²) >= 11 is 1.91. The summed E-state index contributed by atoms with van der Waals surface area (Å²) in [4.78, 5) is 10.7. The van der Waals surface area contributed by atoms with Gasteiger partial charge in [-0.1, -0.05) is 6.07 Å². The van der Waals surface area contributed by atoms with Gasteiger partial charge < -0.3 is 5.32 Å². The minimum Gasteiger partial charge on any atom is -0.301 e. The van der Waals surface area contributed by atoms with Crippen LogP contribution in [-0.4, -0.2) is 16.0 Å². The predicted molar refractivity (Wildman–Crippen MR) is 81.0 cm³/mol. The van der Waals surface area contributed by atoms with Gasteiger partial charge in [0.15, 0.2) is 0 Å². The number of aryl methyl sites for hydroxylation is 2. The quantitative estimate of drug-likeness (QED) is 0.937. The molecule has 2 aliphatic carbocycles. The largest absolute Gasteiger partial charge is 0.301 e. The second-order valence-electron chi connectivity index (χ2n) is 5.79. The Morgan fingerprint density at radius 1 is 1.25 bits per heavy atom. The van der Waals surface area contributed by atoms with E-state index in [1.54, 1.807) is 0 Å². The van der Waals surface area contributed by atoms with Crippen molar-refractivity contribution in [3.05, 3.63) is 45.7 Å². The summed E-state index contributed by atoms with van der Waals surface area (Å²) in [6.45, 7) is 0. The number of rotatable bonds is 4. The van der Waals surface area contributed by atoms with Gasteiger partial charge in [0.2, 0.25) is 0 Å². The van der Waals surface area contributed by atoms with E-state index in [-0.39, 0.29) is 6.04 Å². The molecule has 2 aromatic heterocycles. The third-order valence-corrected chi connectivity index (χ3v) is 5.33. The smallest absolute Gasteiger partial charge is 0.115 e. The minimum atomic E-state index is 0.229. The molecule has 0 aromatic carbocycles. The Balaban J connectivity index is 1.68. The Morgan fingerprint density at radius 2 is 2.15 bits per heavy atom. The summed E-state index contributed by atoms with van der Waals surface area (Å²) < 4.78 is 0. The molecule has 4 heteroatoms. The highest BCUT2D eigenvalue weighted by Crippen LogP contribution is 2.34. The van der Waals surface area contributed by atoms with E-state index in [0.717, 1.165) is 6.42 Å². The zero-order chi connectivity index (χ0) is 13.4. The van der Waals surface area contributed by atoms with Crippen LogP contribution in [0.4, 0.5) is 0 Å². The average molecular weight is 285 g/mol. The van der Waals surface area contributed by atoms with Gasteiger partial charge in [-0.3, -0.25) is 4.98 Å². The maximum Gasteiger partial charge on any atom is 0.115 e. The second kappa shape index (κ2) is 5.26. The standard InChI is InChI=1S/C16H19N3S/c1-2-6-14-13(5-1)19-16(20-14)15(18-12-7-8-12)11-4-3-9-17-10-11/h3-4,9-10,12,15,18H,1-2,5-8H2. The molecule has 2 heterocycles.